The topological polar surface area (TPSA) is 70.2 Å². The molecule has 0 bridgehead atoms. The second-order valence-corrected chi connectivity index (χ2v) is 5.37. The molecule has 0 aliphatic rings. The van der Waals surface area contributed by atoms with Crippen LogP contribution >= 0.6 is 0 Å². The van der Waals surface area contributed by atoms with Crippen LogP contribution in [0.3, 0.4) is 0 Å². The van der Waals surface area contributed by atoms with Gasteiger partial charge in [0.15, 0.2) is 11.6 Å². The Balaban J connectivity index is 1.95. The first-order valence-electron chi connectivity index (χ1n) is 7.21. The summed E-state index contributed by atoms with van der Waals surface area (Å²) in [6.07, 6.45) is 0. The molecule has 0 spiro atoms. The van der Waals surface area contributed by atoms with Crippen molar-refractivity contribution in [2.24, 2.45) is 0 Å². The largest absolute Gasteiger partial charge is 0.354 e. The Bertz CT molecular complexity index is 598. The van der Waals surface area contributed by atoms with E-state index in [0.717, 1.165) is 12.4 Å². The van der Waals surface area contributed by atoms with Crippen LogP contribution in [0.25, 0.3) is 0 Å². The van der Waals surface area contributed by atoms with Crippen LogP contribution in [-0.2, 0) is 6.54 Å². The number of nitrogens with zero attached hydrogens (tertiary/aromatic N) is 3. The summed E-state index contributed by atoms with van der Waals surface area (Å²) in [5.74, 6) is 1.17. The van der Waals surface area contributed by atoms with Gasteiger partial charge in [0.2, 0.25) is 0 Å². The zero-order valence-electron chi connectivity index (χ0n) is 13.1. The zero-order valence-corrected chi connectivity index (χ0v) is 13.1. The quantitative estimate of drug-likeness (QED) is 0.890. The molecule has 116 valence electrons. The fraction of sp³-hybridized carbons (Fsp3) is 0.312. The fourth-order valence-electron chi connectivity index (χ4n) is 1.95. The normalized spacial score (nSPS) is 10.4. The monoisotopic (exact) mass is 299 g/mol. The van der Waals surface area contributed by atoms with Crippen LogP contribution in [0.5, 0.6) is 0 Å². The summed E-state index contributed by atoms with van der Waals surface area (Å²) in [6.45, 7) is 4.54. The first-order valence-corrected chi connectivity index (χ1v) is 7.21. The predicted molar refractivity (Wildman–Crippen MR) is 87.9 cm³/mol. The minimum absolute atomic E-state index is 0.0734. The highest BCUT2D eigenvalue weighted by Crippen LogP contribution is 2.13. The summed E-state index contributed by atoms with van der Waals surface area (Å²) in [4.78, 5) is 13.6. The Kier molecular flexibility index (Phi) is 5.30. The number of benzene rings is 1. The van der Waals surface area contributed by atoms with Gasteiger partial charge >= 0.3 is 6.03 Å². The van der Waals surface area contributed by atoms with E-state index < -0.39 is 0 Å². The van der Waals surface area contributed by atoms with Crippen molar-refractivity contribution in [1.29, 1.82) is 0 Å². The Morgan fingerprint density at radius 3 is 2.45 bits per heavy atom. The molecule has 2 aromatic rings. The van der Waals surface area contributed by atoms with Crippen molar-refractivity contribution >= 4 is 17.7 Å². The number of rotatable bonds is 5. The van der Waals surface area contributed by atoms with Gasteiger partial charge in [-0.3, -0.25) is 5.32 Å². The summed E-state index contributed by atoms with van der Waals surface area (Å²) in [6, 6.07) is 13.5. The van der Waals surface area contributed by atoms with Crippen molar-refractivity contribution in [3.8, 4) is 0 Å². The number of carbonyl (C=O) groups excluding carboxylic acids is 1. The van der Waals surface area contributed by atoms with E-state index in [9.17, 15) is 4.79 Å². The number of carbonyl (C=O) groups is 1. The molecule has 22 heavy (non-hydrogen) atoms. The lowest BCUT2D eigenvalue weighted by Crippen LogP contribution is -2.34. The molecule has 0 radical (unpaired) electrons. The van der Waals surface area contributed by atoms with Crippen LogP contribution in [0.15, 0.2) is 42.5 Å². The first kappa shape index (κ1) is 15.8. The molecule has 0 unspecified atom stereocenters. The minimum atomic E-state index is -0.283. The van der Waals surface area contributed by atoms with Gasteiger partial charge in [-0.05, 0) is 31.5 Å². The number of aromatic nitrogens is 2. The lowest BCUT2D eigenvalue weighted by Gasteiger charge is -2.17. The molecule has 2 amide bonds. The molecule has 0 saturated heterocycles. The van der Waals surface area contributed by atoms with E-state index in [1.165, 1.54) is 5.56 Å². The van der Waals surface area contributed by atoms with Crippen LogP contribution < -0.4 is 15.5 Å². The lowest BCUT2D eigenvalue weighted by atomic mass is 10.2. The van der Waals surface area contributed by atoms with E-state index in [-0.39, 0.29) is 12.1 Å². The molecule has 6 nitrogen and oxygen atoms in total. The molecular weight excluding hydrogens is 278 g/mol. The molecule has 0 aliphatic carbocycles. The molecule has 0 aliphatic heterocycles. The molecule has 1 aromatic heterocycles. The molecule has 2 N–H and O–H groups in total. The summed E-state index contributed by atoms with van der Waals surface area (Å²) in [7, 11) is 1.95. The second-order valence-electron chi connectivity index (χ2n) is 5.37. The third-order valence-corrected chi connectivity index (χ3v) is 2.97. The maximum absolute atomic E-state index is 11.6. The average molecular weight is 299 g/mol. The molecule has 1 heterocycles. The Morgan fingerprint density at radius 2 is 1.86 bits per heavy atom. The van der Waals surface area contributed by atoms with Crippen molar-refractivity contribution < 1.29 is 4.79 Å². The molecule has 6 heteroatoms. The molecule has 0 fully saturated rings. The maximum Gasteiger partial charge on any atom is 0.320 e. The Hall–Kier alpha value is -2.63. The summed E-state index contributed by atoms with van der Waals surface area (Å²) < 4.78 is 0. The standard InChI is InChI=1S/C16H21N5O/c1-12(2)17-16(22)18-14-9-10-15(20-19-14)21(3)11-13-7-5-4-6-8-13/h4-10,12H,11H2,1-3H3,(H2,17,18,19,22). The van der Waals surface area contributed by atoms with Crippen LogP contribution in [-0.4, -0.2) is 29.3 Å². The van der Waals surface area contributed by atoms with Gasteiger partial charge in [0, 0.05) is 19.6 Å². The first-order chi connectivity index (χ1) is 10.5. The van der Waals surface area contributed by atoms with Crippen LogP contribution in [0.1, 0.15) is 19.4 Å². The number of nitrogens with one attached hydrogen (secondary N) is 2. The van der Waals surface area contributed by atoms with E-state index >= 15 is 0 Å². The number of hydrogen-bond acceptors (Lipinski definition) is 4. The van der Waals surface area contributed by atoms with Gasteiger partial charge in [0.25, 0.3) is 0 Å². The number of hydrogen-bond donors (Lipinski definition) is 2. The van der Waals surface area contributed by atoms with Gasteiger partial charge in [0.1, 0.15) is 0 Å². The molecule has 1 aromatic carbocycles. The van der Waals surface area contributed by atoms with E-state index in [0.29, 0.717) is 5.82 Å². The van der Waals surface area contributed by atoms with Crippen molar-refractivity contribution in [3.05, 3.63) is 48.0 Å². The third-order valence-electron chi connectivity index (χ3n) is 2.97. The lowest BCUT2D eigenvalue weighted by molar-refractivity contribution is 0.250. The van der Waals surface area contributed by atoms with Crippen LogP contribution in [0.2, 0.25) is 0 Å². The molecule has 0 atom stereocenters. The molecule has 0 saturated carbocycles. The Labute approximate surface area is 130 Å². The maximum atomic E-state index is 11.6. The highest BCUT2D eigenvalue weighted by Gasteiger charge is 2.07. The average Bonchev–Trinajstić information content (AvgIpc) is 2.48. The summed E-state index contributed by atoms with van der Waals surface area (Å²) in [5, 5.41) is 13.5. The molecule has 2 rings (SSSR count). The summed E-state index contributed by atoms with van der Waals surface area (Å²) >= 11 is 0. The smallest absolute Gasteiger partial charge is 0.320 e. The van der Waals surface area contributed by atoms with Gasteiger partial charge < -0.3 is 10.2 Å². The van der Waals surface area contributed by atoms with Crippen LogP contribution in [0, 0.1) is 0 Å². The minimum Gasteiger partial charge on any atom is -0.354 e. The van der Waals surface area contributed by atoms with E-state index in [4.69, 9.17) is 0 Å². The highest BCUT2D eigenvalue weighted by atomic mass is 16.2. The fourth-order valence-corrected chi connectivity index (χ4v) is 1.95. The second kappa shape index (κ2) is 7.40. The summed E-state index contributed by atoms with van der Waals surface area (Å²) in [5.41, 5.74) is 1.20. The van der Waals surface area contributed by atoms with Crippen molar-refractivity contribution in [3.63, 3.8) is 0 Å². The van der Waals surface area contributed by atoms with E-state index in [1.54, 1.807) is 6.07 Å². The SMILES string of the molecule is CC(C)NC(=O)Nc1ccc(N(C)Cc2ccccc2)nn1. The van der Waals surface area contributed by atoms with Gasteiger partial charge in [-0.2, -0.15) is 0 Å². The van der Waals surface area contributed by atoms with Crippen molar-refractivity contribution in [2.75, 3.05) is 17.3 Å². The number of urea groups is 1. The van der Waals surface area contributed by atoms with E-state index in [2.05, 4.69) is 33.0 Å². The number of anilines is 2. The van der Waals surface area contributed by atoms with Gasteiger partial charge in [-0.15, -0.1) is 10.2 Å². The van der Waals surface area contributed by atoms with Crippen LogP contribution in [0.4, 0.5) is 16.4 Å². The van der Waals surface area contributed by atoms with Gasteiger partial charge in [-0.1, -0.05) is 30.3 Å². The third kappa shape index (κ3) is 4.73. The Morgan fingerprint density at radius 1 is 1.14 bits per heavy atom. The molecular formula is C16H21N5O. The number of amides is 2. The predicted octanol–water partition coefficient (Wildman–Crippen LogP) is 2.64. The van der Waals surface area contributed by atoms with Gasteiger partial charge in [-0.25, -0.2) is 4.79 Å². The van der Waals surface area contributed by atoms with Crippen molar-refractivity contribution in [1.82, 2.24) is 15.5 Å². The van der Waals surface area contributed by atoms with E-state index in [1.807, 2.05) is 50.1 Å². The van der Waals surface area contributed by atoms with Crippen molar-refractivity contribution in [2.45, 2.75) is 26.4 Å². The zero-order chi connectivity index (χ0) is 15.9. The highest BCUT2D eigenvalue weighted by molar-refractivity contribution is 5.88. The van der Waals surface area contributed by atoms with Gasteiger partial charge in [0.05, 0.1) is 0 Å².